The lowest BCUT2D eigenvalue weighted by molar-refractivity contribution is 0.751. The maximum absolute atomic E-state index is 2.34. The molecular weight excluding hydrogens is 152 g/mol. The maximum atomic E-state index is 2.34. The average molecular weight is 172 g/mol. The molecule has 11 heavy (non-hydrogen) atoms. The van der Waals surface area contributed by atoms with Crippen LogP contribution < -0.4 is 0 Å². The van der Waals surface area contributed by atoms with Crippen molar-refractivity contribution in [3.8, 4) is 0 Å². The lowest BCUT2D eigenvalue weighted by Crippen LogP contribution is -1.90. The van der Waals surface area contributed by atoms with E-state index in [9.17, 15) is 0 Å². The van der Waals surface area contributed by atoms with Crippen molar-refractivity contribution >= 4 is 11.8 Å². The Kier molecular flexibility index (Phi) is 6.83. The largest absolute Gasteiger partial charge is 0.131 e. The van der Waals surface area contributed by atoms with Gasteiger partial charge < -0.3 is 0 Å². The molecule has 0 nitrogen and oxygen atoms in total. The minimum atomic E-state index is 0.812. The van der Waals surface area contributed by atoms with Gasteiger partial charge in [0.2, 0.25) is 0 Å². The molecule has 0 aliphatic heterocycles. The molecule has 0 radical (unpaired) electrons. The highest BCUT2D eigenvalue weighted by atomic mass is 32.2. The molecule has 0 aliphatic rings. The zero-order valence-electron chi connectivity index (χ0n) is 8.18. The number of thioether (sulfide) groups is 1. The number of rotatable bonds is 5. The van der Waals surface area contributed by atoms with E-state index in [1.165, 1.54) is 18.6 Å². The van der Waals surface area contributed by atoms with E-state index in [0.29, 0.717) is 0 Å². The van der Waals surface area contributed by atoms with Gasteiger partial charge >= 0.3 is 0 Å². The lowest BCUT2D eigenvalue weighted by Gasteiger charge is -2.06. The molecule has 0 amide bonds. The van der Waals surface area contributed by atoms with Crippen molar-refractivity contribution in [3.63, 3.8) is 0 Å². The molecule has 1 heteroatoms. The molecule has 0 saturated carbocycles. The molecular formula is C10H20S. The van der Waals surface area contributed by atoms with Crippen molar-refractivity contribution in [2.75, 3.05) is 5.75 Å². The van der Waals surface area contributed by atoms with E-state index in [-0.39, 0.29) is 0 Å². The highest BCUT2D eigenvalue weighted by Gasteiger charge is 1.97. The summed E-state index contributed by atoms with van der Waals surface area (Å²) >= 11 is 2.02. The van der Waals surface area contributed by atoms with E-state index in [1.54, 1.807) is 4.91 Å². The molecule has 0 spiro atoms. The highest BCUT2D eigenvalue weighted by molar-refractivity contribution is 8.03. The average Bonchev–Trinajstić information content (AvgIpc) is 1.97. The molecule has 0 aromatic carbocycles. The van der Waals surface area contributed by atoms with Crippen LogP contribution in [0.1, 0.15) is 40.5 Å². The molecule has 0 heterocycles. The van der Waals surface area contributed by atoms with Crippen LogP contribution in [0.15, 0.2) is 11.0 Å². The lowest BCUT2D eigenvalue weighted by atomic mass is 10.3. The first kappa shape index (κ1) is 11.1. The summed E-state index contributed by atoms with van der Waals surface area (Å²) in [6.45, 7) is 8.97. The molecule has 0 atom stereocenters. The molecule has 0 aromatic rings. The predicted octanol–water partition coefficient (Wildman–Crippen LogP) is 4.08. The first-order chi connectivity index (χ1) is 5.20. The molecule has 0 rings (SSSR count). The van der Waals surface area contributed by atoms with Crippen LogP contribution in [0.2, 0.25) is 0 Å². The molecule has 0 unspecified atom stereocenters. The van der Waals surface area contributed by atoms with Crippen LogP contribution >= 0.6 is 11.8 Å². The minimum Gasteiger partial charge on any atom is -0.131 e. The van der Waals surface area contributed by atoms with Crippen LogP contribution in [-0.4, -0.2) is 5.75 Å². The second-order valence-corrected chi connectivity index (χ2v) is 4.28. The van der Waals surface area contributed by atoms with Crippen molar-refractivity contribution in [2.45, 2.75) is 40.5 Å². The van der Waals surface area contributed by atoms with Gasteiger partial charge in [-0.2, -0.15) is 0 Å². The topological polar surface area (TPSA) is 0 Å². The zero-order valence-corrected chi connectivity index (χ0v) is 9.00. The van der Waals surface area contributed by atoms with Gasteiger partial charge in [0.15, 0.2) is 0 Å². The van der Waals surface area contributed by atoms with Crippen molar-refractivity contribution in [1.29, 1.82) is 0 Å². The third-order valence-corrected chi connectivity index (χ3v) is 3.04. The first-order valence-electron chi connectivity index (χ1n) is 4.52. The Morgan fingerprint density at radius 1 is 1.36 bits per heavy atom. The van der Waals surface area contributed by atoms with Gasteiger partial charge in [0, 0.05) is 0 Å². The Bertz CT molecular complexity index is 114. The van der Waals surface area contributed by atoms with Crippen molar-refractivity contribution in [3.05, 3.63) is 11.0 Å². The quantitative estimate of drug-likeness (QED) is 0.602. The van der Waals surface area contributed by atoms with E-state index in [0.717, 1.165) is 5.92 Å². The molecule has 0 aliphatic carbocycles. The SMILES string of the molecule is CC/C=C(/CC)SCC(C)C. The third-order valence-electron chi connectivity index (χ3n) is 1.38. The standard InChI is InChI=1S/C10H20S/c1-5-7-10(6-2)11-8-9(3)4/h7,9H,5-6,8H2,1-4H3/b10-7-. The summed E-state index contributed by atoms with van der Waals surface area (Å²) in [5.41, 5.74) is 0. The van der Waals surface area contributed by atoms with Crippen LogP contribution in [0, 0.1) is 5.92 Å². The van der Waals surface area contributed by atoms with Gasteiger partial charge in [-0.15, -0.1) is 11.8 Å². The van der Waals surface area contributed by atoms with Gasteiger partial charge in [-0.3, -0.25) is 0 Å². The Balaban J connectivity index is 3.61. The van der Waals surface area contributed by atoms with Crippen molar-refractivity contribution in [2.24, 2.45) is 5.92 Å². The summed E-state index contributed by atoms with van der Waals surface area (Å²) in [5.74, 6) is 2.08. The number of hydrogen-bond donors (Lipinski definition) is 0. The van der Waals surface area contributed by atoms with Gasteiger partial charge in [0.1, 0.15) is 0 Å². The fourth-order valence-electron chi connectivity index (χ4n) is 0.807. The van der Waals surface area contributed by atoms with Crippen LogP contribution in [-0.2, 0) is 0 Å². The second-order valence-electron chi connectivity index (χ2n) is 3.14. The van der Waals surface area contributed by atoms with E-state index in [1.807, 2.05) is 11.8 Å². The fraction of sp³-hybridized carbons (Fsp3) is 0.800. The monoisotopic (exact) mass is 172 g/mol. The van der Waals surface area contributed by atoms with Crippen LogP contribution in [0.25, 0.3) is 0 Å². The highest BCUT2D eigenvalue weighted by Crippen LogP contribution is 2.21. The Morgan fingerprint density at radius 3 is 2.36 bits per heavy atom. The van der Waals surface area contributed by atoms with Crippen LogP contribution in [0.4, 0.5) is 0 Å². The normalized spacial score (nSPS) is 12.6. The van der Waals surface area contributed by atoms with Crippen molar-refractivity contribution < 1.29 is 0 Å². The molecule has 0 saturated heterocycles. The summed E-state index contributed by atoms with van der Waals surface area (Å²) in [7, 11) is 0. The van der Waals surface area contributed by atoms with E-state index in [2.05, 4.69) is 33.8 Å². The Labute approximate surface area is 75.5 Å². The molecule has 0 N–H and O–H groups in total. The van der Waals surface area contributed by atoms with Crippen molar-refractivity contribution in [1.82, 2.24) is 0 Å². The minimum absolute atomic E-state index is 0.812. The number of hydrogen-bond acceptors (Lipinski definition) is 1. The molecule has 0 bridgehead atoms. The van der Waals surface area contributed by atoms with Gasteiger partial charge in [-0.05, 0) is 29.4 Å². The van der Waals surface area contributed by atoms with Gasteiger partial charge in [-0.25, -0.2) is 0 Å². The summed E-state index contributed by atoms with van der Waals surface area (Å²) in [5, 5.41) is 0. The van der Waals surface area contributed by atoms with E-state index >= 15 is 0 Å². The summed E-state index contributed by atoms with van der Waals surface area (Å²) in [6, 6.07) is 0. The summed E-state index contributed by atoms with van der Waals surface area (Å²) < 4.78 is 0. The third kappa shape index (κ3) is 6.49. The molecule has 66 valence electrons. The summed E-state index contributed by atoms with van der Waals surface area (Å²) in [4.78, 5) is 1.56. The first-order valence-corrected chi connectivity index (χ1v) is 5.51. The maximum Gasteiger partial charge on any atom is -0.0000225 e. The number of allylic oxidation sites excluding steroid dienone is 2. The van der Waals surface area contributed by atoms with E-state index in [4.69, 9.17) is 0 Å². The predicted molar refractivity (Wildman–Crippen MR) is 56.0 cm³/mol. The Hall–Kier alpha value is 0.0900. The van der Waals surface area contributed by atoms with E-state index < -0.39 is 0 Å². The zero-order chi connectivity index (χ0) is 8.69. The van der Waals surface area contributed by atoms with Gasteiger partial charge in [0.05, 0.1) is 0 Å². The molecule has 0 aromatic heterocycles. The summed E-state index contributed by atoms with van der Waals surface area (Å²) in [6.07, 6.45) is 4.71. The van der Waals surface area contributed by atoms with Crippen LogP contribution in [0.3, 0.4) is 0 Å². The Morgan fingerprint density at radius 2 is 2.00 bits per heavy atom. The van der Waals surface area contributed by atoms with Gasteiger partial charge in [-0.1, -0.05) is 33.8 Å². The second kappa shape index (κ2) is 6.78. The molecule has 0 fully saturated rings. The fourth-order valence-corrected chi connectivity index (χ4v) is 1.84. The smallest absolute Gasteiger partial charge is 0.0000225 e. The van der Waals surface area contributed by atoms with Crippen LogP contribution in [0.5, 0.6) is 0 Å². The van der Waals surface area contributed by atoms with Gasteiger partial charge in [0.25, 0.3) is 0 Å².